The summed E-state index contributed by atoms with van der Waals surface area (Å²) in [6, 6.07) is 16.0. The van der Waals surface area contributed by atoms with E-state index in [-0.39, 0.29) is 23.5 Å². The van der Waals surface area contributed by atoms with Gasteiger partial charge in [-0.25, -0.2) is 0 Å². The Kier molecular flexibility index (Phi) is 4.56. The Labute approximate surface area is 159 Å². The average molecular weight is 361 g/mol. The number of benzene rings is 2. The van der Waals surface area contributed by atoms with Gasteiger partial charge in [0.2, 0.25) is 5.91 Å². The molecule has 0 radical (unpaired) electrons. The largest absolute Gasteiger partial charge is 0.497 e. The van der Waals surface area contributed by atoms with Gasteiger partial charge >= 0.3 is 0 Å². The number of aryl methyl sites for hydroxylation is 1. The quantitative estimate of drug-likeness (QED) is 0.899. The highest BCUT2D eigenvalue weighted by Gasteiger charge is 2.38. The van der Waals surface area contributed by atoms with Crippen LogP contribution in [0.15, 0.2) is 59.8 Å². The molecule has 4 heteroatoms. The number of allylic oxidation sites excluding steroid dienone is 2. The summed E-state index contributed by atoms with van der Waals surface area (Å²) >= 11 is 0. The van der Waals surface area contributed by atoms with Crippen LogP contribution in [0.25, 0.3) is 0 Å². The first-order valence-corrected chi connectivity index (χ1v) is 9.31. The Morgan fingerprint density at radius 1 is 0.889 bits per heavy atom. The Hall–Kier alpha value is -2.88. The van der Waals surface area contributed by atoms with Gasteiger partial charge in [-0.3, -0.25) is 9.59 Å². The molecule has 4 nitrogen and oxygen atoms in total. The van der Waals surface area contributed by atoms with Gasteiger partial charge in [0.25, 0.3) is 0 Å². The summed E-state index contributed by atoms with van der Waals surface area (Å²) in [6.45, 7) is 2.03. The zero-order valence-corrected chi connectivity index (χ0v) is 15.6. The second-order valence-electron chi connectivity index (χ2n) is 7.41. The van der Waals surface area contributed by atoms with Crippen molar-refractivity contribution in [2.75, 3.05) is 7.11 Å². The molecule has 4 rings (SSSR count). The standard InChI is InChI=1S/C23H23NO3/c1-14-3-5-16(6-4-14)19-13-22(26)24-20-11-17(12-21(25)23(19)20)15-7-9-18(27-2)10-8-15/h3-10,17,19H,11-13H2,1-2H3,(H,24,26)/t17-,19+/m1/s1. The van der Waals surface area contributed by atoms with Gasteiger partial charge in [-0.05, 0) is 42.5 Å². The highest BCUT2D eigenvalue weighted by Crippen LogP contribution is 2.42. The van der Waals surface area contributed by atoms with Crippen LogP contribution in [0.5, 0.6) is 5.75 Å². The molecule has 27 heavy (non-hydrogen) atoms. The van der Waals surface area contributed by atoms with Gasteiger partial charge in [0, 0.05) is 30.0 Å². The number of hydrogen-bond donors (Lipinski definition) is 1. The van der Waals surface area contributed by atoms with Crippen LogP contribution in [0.4, 0.5) is 0 Å². The van der Waals surface area contributed by atoms with Crippen molar-refractivity contribution >= 4 is 11.7 Å². The topological polar surface area (TPSA) is 55.4 Å². The number of hydrogen-bond acceptors (Lipinski definition) is 3. The molecule has 1 aliphatic carbocycles. The van der Waals surface area contributed by atoms with Crippen LogP contribution in [0.1, 0.15) is 47.8 Å². The van der Waals surface area contributed by atoms with Crippen LogP contribution in [0.3, 0.4) is 0 Å². The summed E-state index contributed by atoms with van der Waals surface area (Å²) in [5, 5.41) is 2.98. The van der Waals surface area contributed by atoms with E-state index in [1.165, 1.54) is 5.56 Å². The van der Waals surface area contributed by atoms with E-state index in [1.54, 1.807) is 7.11 Å². The van der Waals surface area contributed by atoms with Gasteiger partial charge in [0.1, 0.15) is 5.75 Å². The SMILES string of the molecule is COc1ccc([C@H]2CC(=O)C3=C(C2)NC(=O)C[C@H]3c2ccc(C)cc2)cc1. The van der Waals surface area contributed by atoms with E-state index in [1.807, 2.05) is 55.5 Å². The van der Waals surface area contributed by atoms with Crippen molar-refractivity contribution in [3.05, 3.63) is 76.5 Å². The lowest BCUT2D eigenvalue weighted by Crippen LogP contribution is -2.38. The molecule has 0 fully saturated rings. The minimum atomic E-state index is -0.140. The van der Waals surface area contributed by atoms with Crippen molar-refractivity contribution in [3.8, 4) is 5.75 Å². The van der Waals surface area contributed by atoms with E-state index in [9.17, 15) is 9.59 Å². The third-order valence-electron chi connectivity index (χ3n) is 5.60. The van der Waals surface area contributed by atoms with Crippen LogP contribution in [-0.4, -0.2) is 18.8 Å². The molecule has 0 saturated carbocycles. The number of ether oxygens (including phenoxy) is 1. The summed E-state index contributed by atoms with van der Waals surface area (Å²) in [5.74, 6) is 0.870. The van der Waals surface area contributed by atoms with Crippen molar-refractivity contribution in [1.29, 1.82) is 0 Å². The fraction of sp³-hybridized carbons (Fsp3) is 0.304. The van der Waals surface area contributed by atoms with Gasteiger partial charge in [-0.1, -0.05) is 42.0 Å². The third kappa shape index (κ3) is 3.39. The molecule has 0 spiro atoms. The van der Waals surface area contributed by atoms with Crippen molar-refractivity contribution in [3.63, 3.8) is 0 Å². The maximum absolute atomic E-state index is 13.1. The lowest BCUT2D eigenvalue weighted by atomic mass is 9.73. The average Bonchev–Trinajstić information content (AvgIpc) is 2.67. The minimum absolute atomic E-state index is 0.0116. The first-order valence-electron chi connectivity index (χ1n) is 9.31. The van der Waals surface area contributed by atoms with Crippen molar-refractivity contribution in [2.24, 2.45) is 0 Å². The molecule has 2 aliphatic rings. The van der Waals surface area contributed by atoms with Gasteiger partial charge in [-0.15, -0.1) is 0 Å². The van der Waals surface area contributed by atoms with Crippen LogP contribution < -0.4 is 10.1 Å². The molecular weight excluding hydrogens is 338 g/mol. The molecule has 1 heterocycles. The summed E-state index contributed by atoms with van der Waals surface area (Å²) < 4.78 is 5.22. The molecule has 0 bridgehead atoms. The Balaban J connectivity index is 1.67. The Morgan fingerprint density at radius 3 is 2.22 bits per heavy atom. The molecular formula is C23H23NO3. The highest BCUT2D eigenvalue weighted by molar-refractivity contribution is 6.02. The first kappa shape index (κ1) is 17.5. The number of amides is 1. The fourth-order valence-corrected chi connectivity index (χ4v) is 4.16. The zero-order valence-electron chi connectivity index (χ0n) is 15.6. The maximum atomic E-state index is 13.1. The number of ketones is 1. The van der Waals surface area contributed by atoms with Crippen molar-refractivity contribution in [1.82, 2.24) is 5.32 Å². The summed E-state index contributed by atoms with van der Waals surface area (Å²) in [5.41, 5.74) is 4.90. The minimum Gasteiger partial charge on any atom is -0.497 e. The van der Waals surface area contributed by atoms with Crippen molar-refractivity contribution < 1.29 is 14.3 Å². The summed E-state index contributed by atoms with van der Waals surface area (Å²) in [6.07, 6.45) is 1.49. The third-order valence-corrected chi connectivity index (χ3v) is 5.60. The van der Waals surface area contributed by atoms with E-state index in [4.69, 9.17) is 4.74 Å². The van der Waals surface area contributed by atoms with Gasteiger partial charge in [0.05, 0.1) is 7.11 Å². The summed E-state index contributed by atoms with van der Waals surface area (Å²) in [4.78, 5) is 25.4. The number of carbonyl (C=O) groups is 2. The Morgan fingerprint density at radius 2 is 1.56 bits per heavy atom. The fourth-order valence-electron chi connectivity index (χ4n) is 4.16. The first-order chi connectivity index (χ1) is 13.0. The number of rotatable bonds is 3. The number of nitrogens with one attached hydrogen (secondary N) is 1. The predicted molar refractivity (Wildman–Crippen MR) is 104 cm³/mol. The van der Waals surface area contributed by atoms with Crippen LogP contribution in [0.2, 0.25) is 0 Å². The maximum Gasteiger partial charge on any atom is 0.225 e. The number of Topliss-reactive ketones (excluding diaryl/α,β-unsaturated/α-hetero) is 1. The van der Waals surface area contributed by atoms with E-state index in [2.05, 4.69) is 5.32 Å². The predicted octanol–water partition coefficient (Wildman–Crippen LogP) is 4.01. The highest BCUT2D eigenvalue weighted by atomic mass is 16.5. The van der Waals surface area contributed by atoms with E-state index >= 15 is 0 Å². The molecule has 0 saturated heterocycles. The molecule has 2 atom stereocenters. The molecule has 138 valence electrons. The lowest BCUT2D eigenvalue weighted by Gasteiger charge is -2.34. The number of methoxy groups -OCH3 is 1. The van der Waals surface area contributed by atoms with E-state index < -0.39 is 0 Å². The van der Waals surface area contributed by atoms with Crippen LogP contribution in [-0.2, 0) is 9.59 Å². The second-order valence-corrected chi connectivity index (χ2v) is 7.41. The summed E-state index contributed by atoms with van der Waals surface area (Å²) in [7, 11) is 1.64. The number of carbonyl (C=O) groups excluding carboxylic acids is 2. The van der Waals surface area contributed by atoms with Gasteiger partial charge in [-0.2, -0.15) is 0 Å². The normalized spacial score (nSPS) is 22.3. The second kappa shape index (κ2) is 7.03. The zero-order chi connectivity index (χ0) is 19.0. The van der Waals surface area contributed by atoms with Gasteiger partial charge < -0.3 is 10.1 Å². The Bertz CT molecular complexity index is 910. The van der Waals surface area contributed by atoms with Gasteiger partial charge in [0.15, 0.2) is 5.78 Å². The molecule has 2 aromatic rings. The van der Waals surface area contributed by atoms with E-state index in [0.717, 1.165) is 28.1 Å². The monoisotopic (exact) mass is 361 g/mol. The smallest absolute Gasteiger partial charge is 0.225 e. The lowest BCUT2D eigenvalue weighted by molar-refractivity contribution is -0.122. The van der Waals surface area contributed by atoms with E-state index in [0.29, 0.717) is 19.3 Å². The molecule has 1 aliphatic heterocycles. The molecule has 0 unspecified atom stereocenters. The molecule has 1 amide bonds. The molecule has 0 aromatic heterocycles. The molecule has 1 N–H and O–H groups in total. The van der Waals surface area contributed by atoms with Crippen LogP contribution >= 0.6 is 0 Å². The van der Waals surface area contributed by atoms with Crippen molar-refractivity contribution in [2.45, 2.75) is 38.0 Å². The van der Waals surface area contributed by atoms with Crippen LogP contribution in [0, 0.1) is 6.92 Å². The molecule has 2 aromatic carbocycles.